The lowest BCUT2D eigenvalue weighted by atomic mass is 10.0. The van der Waals surface area contributed by atoms with E-state index in [-0.39, 0.29) is 30.6 Å². The topological polar surface area (TPSA) is 96.0 Å². The van der Waals surface area contributed by atoms with Gasteiger partial charge in [-0.25, -0.2) is 8.42 Å². The molecular formula is C35H37Cl2N3O5S. The molecule has 0 saturated carbocycles. The minimum absolute atomic E-state index is 0.121. The molecule has 46 heavy (non-hydrogen) atoms. The fourth-order valence-corrected chi connectivity index (χ4v) is 6.13. The van der Waals surface area contributed by atoms with E-state index in [2.05, 4.69) is 5.32 Å². The van der Waals surface area contributed by atoms with Crippen LogP contribution in [0.2, 0.25) is 10.0 Å². The number of anilines is 1. The minimum Gasteiger partial charge on any atom is -0.457 e. The van der Waals surface area contributed by atoms with Gasteiger partial charge in [0.05, 0.1) is 11.9 Å². The molecule has 0 fully saturated rings. The van der Waals surface area contributed by atoms with Crippen molar-refractivity contribution < 1.29 is 22.7 Å². The molecule has 242 valence electrons. The fraction of sp³-hybridized carbons (Fsp3) is 0.257. The first-order valence-corrected chi connectivity index (χ1v) is 17.4. The Kier molecular flexibility index (Phi) is 12.1. The standard InChI is InChI=1S/C35H37Cl2N3O5S/c1-4-25(2)38-35(42)33(22-26-12-7-5-8-13-26)39(23-30-31(36)16-11-17-32(30)37)34(41)24-40(46(3,43)44)27-18-20-29(21-19-27)45-28-14-9-6-10-15-28/h5-21,25,33H,4,22-24H2,1-3H3,(H,38,42)/t25-,33+/m1/s1. The molecule has 0 unspecified atom stereocenters. The van der Waals surface area contributed by atoms with Crippen molar-refractivity contribution in [3.8, 4) is 11.5 Å². The number of ether oxygens (including phenoxy) is 1. The van der Waals surface area contributed by atoms with E-state index in [0.717, 1.165) is 16.1 Å². The zero-order chi connectivity index (χ0) is 33.3. The van der Waals surface area contributed by atoms with Gasteiger partial charge in [0.2, 0.25) is 21.8 Å². The zero-order valence-corrected chi connectivity index (χ0v) is 28.2. The zero-order valence-electron chi connectivity index (χ0n) is 25.9. The first kappa shape index (κ1) is 34.8. The van der Waals surface area contributed by atoms with E-state index in [1.54, 1.807) is 54.6 Å². The molecule has 0 radical (unpaired) electrons. The number of carbonyl (C=O) groups is 2. The first-order chi connectivity index (χ1) is 22.0. The van der Waals surface area contributed by atoms with Gasteiger partial charge in [-0.3, -0.25) is 13.9 Å². The van der Waals surface area contributed by atoms with Crippen LogP contribution < -0.4 is 14.4 Å². The van der Waals surface area contributed by atoms with E-state index < -0.39 is 28.5 Å². The van der Waals surface area contributed by atoms with Crippen molar-refractivity contribution >= 4 is 50.7 Å². The van der Waals surface area contributed by atoms with Crippen LogP contribution in [0.3, 0.4) is 0 Å². The summed E-state index contributed by atoms with van der Waals surface area (Å²) in [7, 11) is -3.94. The highest BCUT2D eigenvalue weighted by atomic mass is 35.5. The second kappa shape index (κ2) is 16.0. The third kappa shape index (κ3) is 9.48. The van der Waals surface area contributed by atoms with Crippen molar-refractivity contribution in [1.82, 2.24) is 10.2 Å². The Morgan fingerprint density at radius 1 is 0.826 bits per heavy atom. The SMILES string of the molecule is CC[C@@H](C)NC(=O)[C@H](Cc1ccccc1)N(Cc1c(Cl)cccc1Cl)C(=O)CN(c1ccc(Oc2ccccc2)cc1)S(C)(=O)=O. The predicted molar refractivity (Wildman–Crippen MR) is 184 cm³/mol. The van der Waals surface area contributed by atoms with Gasteiger partial charge in [0.25, 0.3) is 0 Å². The molecule has 2 amide bonds. The molecule has 4 aromatic carbocycles. The quantitative estimate of drug-likeness (QED) is 0.153. The van der Waals surface area contributed by atoms with Gasteiger partial charge >= 0.3 is 0 Å². The molecule has 0 saturated heterocycles. The molecule has 0 aromatic heterocycles. The number of para-hydroxylation sites is 1. The van der Waals surface area contributed by atoms with E-state index >= 15 is 0 Å². The second-order valence-electron chi connectivity index (χ2n) is 10.9. The number of hydrogen-bond donors (Lipinski definition) is 1. The van der Waals surface area contributed by atoms with Crippen LogP contribution in [0, 0.1) is 0 Å². The molecule has 0 bridgehead atoms. The molecule has 0 aliphatic carbocycles. The summed E-state index contributed by atoms with van der Waals surface area (Å²) < 4.78 is 33.1. The third-order valence-corrected chi connectivity index (χ3v) is 9.29. The number of nitrogens with one attached hydrogen (secondary N) is 1. The van der Waals surface area contributed by atoms with Crippen LogP contribution in [0.15, 0.2) is 103 Å². The summed E-state index contributed by atoms with van der Waals surface area (Å²) in [5.74, 6) is 0.142. The van der Waals surface area contributed by atoms with Crippen LogP contribution in [-0.2, 0) is 32.6 Å². The maximum Gasteiger partial charge on any atom is 0.244 e. The lowest BCUT2D eigenvalue weighted by Crippen LogP contribution is -2.54. The number of rotatable bonds is 14. The number of amides is 2. The van der Waals surface area contributed by atoms with Gasteiger partial charge < -0.3 is 15.0 Å². The van der Waals surface area contributed by atoms with E-state index in [9.17, 15) is 18.0 Å². The Labute approximate surface area is 280 Å². The molecule has 0 aliphatic rings. The smallest absolute Gasteiger partial charge is 0.244 e. The summed E-state index contributed by atoms with van der Waals surface area (Å²) in [6, 6.07) is 28.7. The van der Waals surface area contributed by atoms with E-state index in [0.29, 0.717) is 33.5 Å². The highest BCUT2D eigenvalue weighted by Gasteiger charge is 2.34. The van der Waals surface area contributed by atoms with Crippen molar-refractivity contribution in [3.05, 3.63) is 124 Å². The Morgan fingerprint density at radius 3 is 1.96 bits per heavy atom. The average Bonchev–Trinajstić information content (AvgIpc) is 3.03. The summed E-state index contributed by atoms with van der Waals surface area (Å²) in [5.41, 5.74) is 1.53. The van der Waals surface area contributed by atoms with Crippen molar-refractivity contribution in [1.29, 1.82) is 0 Å². The Morgan fingerprint density at radius 2 is 1.39 bits per heavy atom. The first-order valence-electron chi connectivity index (χ1n) is 14.8. The number of benzene rings is 4. The van der Waals surface area contributed by atoms with Gasteiger partial charge in [-0.05, 0) is 67.4 Å². The summed E-state index contributed by atoms with van der Waals surface area (Å²) >= 11 is 13.1. The molecule has 0 heterocycles. The molecule has 1 N–H and O–H groups in total. The summed E-state index contributed by atoms with van der Waals surface area (Å²) in [5, 5.41) is 3.64. The van der Waals surface area contributed by atoms with Crippen LogP contribution in [0.25, 0.3) is 0 Å². The second-order valence-corrected chi connectivity index (χ2v) is 13.6. The third-order valence-electron chi connectivity index (χ3n) is 7.45. The van der Waals surface area contributed by atoms with Crippen LogP contribution in [-0.4, -0.2) is 50.0 Å². The molecule has 2 atom stereocenters. The Bertz CT molecular complexity index is 1700. The lowest BCUT2D eigenvalue weighted by Gasteiger charge is -2.34. The van der Waals surface area contributed by atoms with E-state index in [1.807, 2.05) is 62.4 Å². The predicted octanol–water partition coefficient (Wildman–Crippen LogP) is 7.11. The number of carbonyl (C=O) groups excluding carboxylic acids is 2. The number of halogens is 2. The largest absolute Gasteiger partial charge is 0.457 e. The maximum absolute atomic E-state index is 14.3. The van der Waals surface area contributed by atoms with Crippen LogP contribution in [0.4, 0.5) is 5.69 Å². The van der Waals surface area contributed by atoms with Gasteiger partial charge in [0, 0.05) is 34.6 Å². The van der Waals surface area contributed by atoms with Crippen molar-refractivity contribution in [2.24, 2.45) is 0 Å². The van der Waals surface area contributed by atoms with Crippen molar-refractivity contribution in [2.45, 2.75) is 45.3 Å². The van der Waals surface area contributed by atoms with Gasteiger partial charge in [0.1, 0.15) is 24.1 Å². The Balaban J connectivity index is 1.71. The van der Waals surface area contributed by atoms with Crippen LogP contribution in [0.1, 0.15) is 31.4 Å². The Hall–Kier alpha value is -4.05. The van der Waals surface area contributed by atoms with Crippen molar-refractivity contribution in [2.75, 3.05) is 17.1 Å². The summed E-state index contributed by atoms with van der Waals surface area (Å²) in [4.78, 5) is 29.5. The van der Waals surface area contributed by atoms with E-state index in [4.69, 9.17) is 27.9 Å². The fourth-order valence-electron chi connectivity index (χ4n) is 4.77. The molecule has 8 nitrogen and oxygen atoms in total. The van der Waals surface area contributed by atoms with Gasteiger partial charge in [0.15, 0.2) is 0 Å². The van der Waals surface area contributed by atoms with Gasteiger partial charge in [-0.2, -0.15) is 0 Å². The highest BCUT2D eigenvalue weighted by molar-refractivity contribution is 7.92. The normalized spacial score (nSPS) is 12.5. The van der Waals surface area contributed by atoms with Gasteiger partial charge in [-0.1, -0.05) is 84.7 Å². The van der Waals surface area contributed by atoms with Crippen LogP contribution >= 0.6 is 23.2 Å². The molecule has 11 heteroatoms. The number of nitrogens with zero attached hydrogens (tertiary/aromatic N) is 2. The molecule has 4 rings (SSSR count). The number of hydrogen-bond acceptors (Lipinski definition) is 5. The molecule has 0 aliphatic heterocycles. The summed E-state index contributed by atoms with van der Waals surface area (Å²) in [6.07, 6.45) is 1.89. The monoisotopic (exact) mass is 681 g/mol. The number of sulfonamides is 1. The van der Waals surface area contributed by atoms with Crippen molar-refractivity contribution in [3.63, 3.8) is 0 Å². The highest BCUT2D eigenvalue weighted by Crippen LogP contribution is 2.29. The lowest BCUT2D eigenvalue weighted by molar-refractivity contribution is -0.140. The minimum atomic E-state index is -3.94. The maximum atomic E-state index is 14.3. The molecule has 0 spiro atoms. The summed E-state index contributed by atoms with van der Waals surface area (Å²) in [6.45, 7) is 3.14. The van der Waals surface area contributed by atoms with E-state index in [1.165, 1.54) is 4.90 Å². The molecular weight excluding hydrogens is 645 g/mol. The average molecular weight is 683 g/mol. The van der Waals surface area contributed by atoms with Gasteiger partial charge in [-0.15, -0.1) is 0 Å². The van der Waals surface area contributed by atoms with Crippen LogP contribution in [0.5, 0.6) is 11.5 Å². The molecule has 4 aromatic rings.